The first-order valence-corrected chi connectivity index (χ1v) is 12.4. The minimum absolute atomic E-state index is 0.180. The predicted molar refractivity (Wildman–Crippen MR) is 144 cm³/mol. The van der Waals surface area contributed by atoms with Crippen LogP contribution in [0.25, 0.3) is 33.5 Å². The molecule has 0 amide bonds. The molecular formula is C25H14Br2ClN3O5. The van der Waals surface area contributed by atoms with Gasteiger partial charge in [0.1, 0.15) is 5.58 Å². The predicted octanol–water partition coefficient (Wildman–Crippen LogP) is 6.33. The number of carbonyl (C=O) groups is 1. The number of furan rings is 1. The first kappa shape index (κ1) is 24.2. The van der Waals surface area contributed by atoms with Crippen molar-refractivity contribution in [1.29, 1.82) is 0 Å². The molecule has 36 heavy (non-hydrogen) atoms. The summed E-state index contributed by atoms with van der Waals surface area (Å²) >= 11 is 13.1. The molecule has 0 saturated carbocycles. The van der Waals surface area contributed by atoms with E-state index in [2.05, 4.69) is 41.9 Å². The lowest BCUT2D eigenvalue weighted by Gasteiger charge is -2.09. The third-order valence-corrected chi connectivity index (χ3v) is 6.50. The average Bonchev–Trinajstić information content (AvgIpc) is 3.25. The van der Waals surface area contributed by atoms with Crippen molar-refractivity contribution in [2.45, 2.75) is 0 Å². The lowest BCUT2D eigenvalue weighted by molar-refractivity contribution is -0.139. The molecule has 0 spiro atoms. The molecule has 0 unspecified atom stereocenters. The van der Waals surface area contributed by atoms with Gasteiger partial charge in [0.05, 0.1) is 26.6 Å². The second kappa shape index (κ2) is 9.88. The largest absolute Gasteiger partial charge is 0.479 e. The fourth-order valence-corrected chi connectivity index (χ4v) is 4.93. The molecule has 5 rings (SSSR count). The van der Waals surface area contributed by atoms with Gasteiger partial charge in [-0.25, -0.2) is 9.78 Å². The van der Waals surface area contributed by atoms with E-state index in [4.69, 9.17) is 25.9 Å². The Bertz CT molecular complexity index is 1720. The van der Waals surface area contributed by atoms with Crippen LogP contribution >= 0.6 is 43.5 Å². The quantitative estimate of drug-likeness (QED) is 0.220. The summed E-state index contributed by atoms with van der Waals surface area (Å²) < 4.78 is 13.7. The maximum absolute atomic E-state index is 13.4. The summed E-state index contributed by atoms with van der Waals surface area (Å²) in [5.41, 5.74) is 1.31. The van der Waals surface area contributed by atoms with Crippen LogP contribution in [-0.4, -0.2) is 33.6 Å². The van der Waals surface area contributed by atoms with Gasteiger partial charge in [-0.1, -0.05) is 39.7 Å². The zero-order valence-corrected chi connectivity index (χ0v) is 22.0. The number of para-hydroxylation sites is 1. The summed E-state index contributed by atoms with van der Waals surface area (Å²) in [6.45, 7) is -0.540. The van der Waals surface area contributed by atoms with Gasteiger partial charge >= 0.3 is 5.97 Å². The van der Waals surface area contributed by atoms with Crippen LogP contribution < -0.4 is 10.3 Å². The number of carboxylic acid groups (broad SMARTS) is 1. The number of aliphatic carboxylic acids is 1. The van der Waals surface area contributed by atoms with Gasteiger partial charge in [-0.2, -0.15) is 9.78 Å². The van der Waals surface area contributed by atoms with Gasteiger partial charge in [-0.15, -0.1) is 0 Å². The topological polar surface area (TPSA) is 107 Å². The molecule has 0 atom stereocenters. The molecular weight excluding hydrogens is 618 g/mol. The van der Waals surface area contributed by atoms with Gasteiger partial charge < -0.3 is 14.3 Å². The zero-order valence-electron chi connectivity index (χ0n) is 18.1. The number of aromatic nitrogens is 2. The normalized spacial score (nSPS) is 11.5. The standard InChI is InChI=1S/C25H14Br2ClN3O5/c26-15-5-6-20-14(9-15)10-21(36-20)24-30-19-4-2-1-3-16(19)25(34)31(24)29-11-13-7-17(27)23(18(28)8-13)35-12-22(32)33/h1-11H,12H2,(H,32,33). The number of ether oxygens (including phenoxy) is 1. The first-order valence-electron chi connectivity index (χ1n) is 10.4. The van der Waals surface area contributed by atoms with E-state index in [9.17, 15) is 9.59 Å². The molecule has 0 fully saturated rings. The van der Waals surface area contributed by atoms with E-state index < -0.39 is 12.6 Å². The molecule has 180 valence electrons. The zero-order chi connectivity index (χ0) is 25.4. The van der Waals surface area contributed by atoms with Crippen molar-refractivity contribution in [3.63, 3.8) is 0 Å². The van der Waals surface area contributed by atoms with Crippen LogP contribution in [0.1, 0.15) is 5.56 Å². The number of fused-ring (bicyclic) bond motifs is 2. The van der Waals surface area contributed by atoms with Gasteiger partial charge in [0.2, 0.25) is 5.82 Å². The van der Waals surface area contributed by atoms with Crippen molar-refractivity contribution in [2.24, 2.45) is 5.10 Å². The molecule has 1 N–H and O–H groups in total. The maximum Gasteiger partial charge on any atom is 0.341 e. The number of hydrogen-bond acceptors (Lipinski definition) is 6. The number of rotatable bonds is 6. The Balaban J connectivity index is 1.62. The Morgan fingerprint density at radius 1 is 1.17 bits per heavy atom. The summed E-state index contributed by atoms with van der Waals surface area (Å²) in [7, 11) is 0. The molecule has 3 aromatic carbocycles. The second-order valence-electron chi connectivity index (χ2n) is 7.60. The molecule has 2 heterocycles. The Morgan fingerprint density at radius 2 is 1.97 bits per heavy atom. The van der Waals surface area contributed by atoms with Crippen molar-refractivity contribution in [3.8, 4) is 17.3 Å². The van der Waals surface area contributed by atoms with Crippen LogP contribution in [0.4, 0.5) is 0 Å². The highest BCUT2D eigenvalue weighted by Crippen LogP contribution is 2.34. The summed E-state index contributed by atoms with van der Waals surface area (Å²) in [4.78, 5) is 28.9. The fourth-order valence-electron chi connectivity index (χ4n) is 3.56. The van der Waals surface area contributed by atoms with Crippen molar-refractivity contribution in [3.05, 3.63) is 90.5 Å². The molecule has 8 nitrogen and oxygen atoms in total. The number of benzene rings is 3. The lowest BCUT2D eigenvalue weighted by Crippen LogP contribution is -2.20. The molecule has 5 aromatic rings. The van der Waals surface area contributed by atoms with Crippen LogP contribution in [0, 0.1) is 0 Å². The highest BCUT2D eigenvalue weighted by Gasteiger charge is 2.17. The molecule has 0 aliphatic rings. The highest BCUT2D eigenvalue weighted by molar-refractivity contribution is 9.10. The Hall–Kier alpha value is -3.47. The van der Waals surface area contributed by atoms with Crippen LogP contribution in [0.3, 0.4) is 0 Å². The van der Waals surface area contributed by atoms with Crippen LogP contribution in [0.15, 0.2) is 83.9 Å². The smallest absolute Gasteiger partial charge is 0.341 e. The highest BCUT2D eigenvalue weighted by atomic mass is 79.9. The molecule has 0 saturated heterocycles. The molecule has 0 bridgehead atoms. The van der Waals surface area contributed by atoms with E-state index >= 15 is 0 Å². The summed E-state index contributed by atoms with van der Waals surface area (Å²) in [5, 5.41) is 14.7. The molecule has 2 aromatic heterocycles. The molecule has 0 aliphatic heterocycles. The third-order valence-electron chi connectivity index (χ3n) is 5.14. The number of carboxylic acids is 1. The van der Waals surface area contributed by atoms with E-state index in [0.717, 1.165) is 9.86 Å². The van der Waals surface area contributed by atoms with E-state index in [1.165, 1.54) is 10.9 Å². The van der Waals surface area contributed by atoms with Crippen molar-refractivity contribution in [1.82, 2.24) is 9.66 Å². The van der Waals surface area contributed by atoms with Crippen molar-refractivity contribution >= 4 is 77.5 Å². The summed E-state index contributed by atoms with van der Waals surface area (Å²) in [6, 6.07) is 17.6. The van der Waals surface area contributed by atoms with Gasteiger partial charge in [0, 0.05) is 9.86 Å². The lowest BCUT2D eigenvalue weighted by atomic mass is 10.2. The summed E-state index contributed by atoms with van der Waals surface area (Å²) in [6.07, 6.45) is 1.44. The number of nitrogens with zero attached hydrogens (tertiary/aromatic N) is 3. The SMILES string of the molecule is O=C(O)COc1c(Cl)cc(C=Nn2c(-c3cc4cc(Br)ccc4o3)nc3ccccc3c2=O)cc1Br. The van der Waals surface area contributed by atoms with Crippen LogP contribution in [-0.2, 0) is 4.79 Å². The third kappa shape index (κ3) is 4.79. The maximum atomic E-state index is 13.4. The second-order valence-corrected chi connectivity index (χ2v) is 9.78. The molecule has 0 aliphatic carbocycles. The van der Waals surface area contributed by atoms with Gasteiger partial charge in [0.15, 0.2) is 18.1 Å². The van der Waals surface area contributed by atoms with Crippen LogP contribution in [0.2, 0.25) is 5.02 Å². The van der Waals surface area contributed by atoms with Crippen molar-refractivity contribution in [2.75, 3.05) is 6.61 Å². The minimum atomic E-state index is -1.13. The Labute approximate surface area is 225 Å². The number of hydrogen-bond donors (Lipinski definition) is 1. The minimum Gasteiger partial charge on any atom is -0.479 e. The Morgan fingerprint density at radius 3 is 2.75 bits per heavy atom. The number of halogens is 3. The van der Waals surface area contributed by atoms with Gasteiger partial charge in [-0.05, 0) is 70.0 Å². The van der Waals surface area contributed by atoms with E-state index in [0.29, 0.717) is 32.3 Å². The van der Waals surface area contributed by atoms with E-state index in [-0.39, 0.29) is 22.2 Å². The van der Waals surface area contributed by atoms with Gasteiger partial charge in [0.25, 0.3) is 5.56 Å². The Kier molecular flexibility index (Phi) is 6.65. The fraction of sp³-hybridized carbons (Fsp3) is 0.0400. The first-order chi connectivity index (χ1) is 17.3. The van der Waals surface area contributed by atoms with Gasteiger partial charge in [-0.3, -0.25) is 4.79 Å². The van der Waals surface area contributed by atoms with Crippen molar-refractivity contribution < 1.29 is 19.1 Å². The average molecular weight is 632 g/mol. The van der Waals surface area contributed by atoms with E-state index in [1.54, 1.807) is 42.5 Å². The molecule has 0 radical (unpaired) electrons. The van der Waals surface area contributed by atoms with E-state index in [1.807, 2.05) is 18.2 Å². The molecule has 11 heteroatoms. The monoisotopic (exact) mass is 629 g/mol. The summed E-state index contributed by atoms with van der Waals surface area (Å²) in [5.74, 6) is -0.333. The van der Waals surface area contributed by atoms with Crippen LogP contribution in [0.5, 0.6) is 5.75 Å².